The van der Waals surface area contributed by atoms with Crippen molar-refractivity contribution in [1.29, 1.82) is 0 Å². The predicted molar refractivity (Wildman–Crippen MR) is 249 cm³/mol. The van der Waals surface area contributed by atoms with Crippen molar-refractivity contribution < 1.29 is 55.2 Å². The van der Waals surface area contributed by atoms with Crippen LogP contribution in [0.2, 0.25) is 0 Å². The summed E-state index contributed by atoms with van der Waals surface area (Å²) in [5, 5.41) is 81.0. The number of carbonyl (C=O) groups is 2. The monoisotopic (exact) mass is 902 g/mol. The van der Waals surface area contributed by atoms with E-state index >= 15 is 0 Å². The lowest BCUT2D eigenvalue weighted by atomic mass is 9.84. The van der Waals surface area contributed by atoms with Crippen LogP contribution in [0.1, 0.15) is 145 Å². The first-order valence-corrected chi connectivity index (χ1v) is 23.9. The van der Waals surface area contributed by atoms with E-state index in [9.17, 15) is 40.2 Å². The van der Waals surface area contributed by atoms with Gasteiger partial charge >= 0.3 is 11.9 Å². The van der Waals surface area contributed by atoms with E-state index in [-0.39, 0.29) is 43.5 Å². The van der Waals surface area contributed by atoms with Crippen LogP contribution in [0.25, 0.3) is 20.2 Å². The van der Waals surface area contributed by atoms with Crippen LogP contribution >= 0.6 is 22.7 Å². The molecule has 0 aliphatic heterocycles. The van der Waals surface area contributed by atoms with Gasteiger partial charge in [0, 0.05) is 39.1 Å². The quantitative estimate of drug-likeness (QED) is 0.0276. The molecule has 348 valence electrons. The maximum atomic E-state index is 11.2. The third-order valence-corrected chi connectivity index (χ3v) is 15.1. The Kier molecular flexibility index (Phi) is 24.1. The summed E-state index contributed by atoms with van der Waals surface area (Å²) in [5.74, 6) is -0.750. The number of esters is 1. The van der Waals surface area contributed by atoms with Crippen LogP contribution in [-0.4, -0.2) is 91.4 Å². The van der Waals surface area contributed by atoms with Crippen molar-refractivity contribution in [3.05, 3.63) is 70.4 Å². The number of carboxylic acid groups (broad SMARTS) is 1. The molecular weight excluding hydrogens is 829 g/mol. The fourth-order valence-electron chi connectivity index (χ4n) is 9.39. The Morgan fingerprint density at radius 3 is 1.35 bits per heavy atom. The largest absolute Gasteiger partial charge is 0.481 e. The summed E-state index contributed by atoms with van der Waals surface area (Å²) < 4.78 is 6.99. The molecule has 2 aromatic heterocycles. The number of unbranched alkanes of at least 4 members (excludes halogenated alkanes) is 6. The smallest absolute Gasteiger partial charge is 0.305 e. The molecule has 0 unspecified atom stereocenters. The van der Waals surface area contributed by atoms with Gasteiger partial charge in [0.1, 0.15) is 0 Å². The van der Waals surface area contributed by atoms with Crippen LogP contribution in [-0.2, 0) is 14.3 Å². The van der Waals surface area contributed by atoms with Crippen LogP contribution in [0, 0.1) is 23.7 Å². The average molecular weight is 903 g/mol. The Balaban J connectivity index is 0.000000313. The van der Waals surface area contributed by atoms with Crippen molar-refractivity contribution in [2.45, 2.75) is 160 Å². The van der Waals surface area contributed by atoms with Crippen LogP contribution in [0.3, 0.4) is 0 Å². The molecule has 13 heteroatoms. The Morgan fingerprint density at radius 2 is 0.968 bits per heavy atom. The zero-order valence-electron chi connectivity index (χ0n) is 35.9. The highest BCUT2D eigenvalue weighted by Crippen LogP contribution is 2.43. The number of methoxy groups -OCH3 is 1. The molecule has 2 aliphatic carbocycles. The van der Waals surface area contributed by atoms with Crippen LogP contribution < -0.4 is 0 Å². The van der Waals surface area contributed by atoms with Gasteiger partial charge in [-0.05, 0) is 123 Å². The molecule has 0 saturated heterocycles. The number of benzene rings is 2. The fraction of sp³-hybridized carbons (Fsp3) is 0.633. The molecule has 62 heavy (non-hydrogen) atoms. The molecule has 4 aromatic rings. The molecule has 0 spiro atoms. The highest BCUT2D eigenvalue weighted by molar-refractivity contribution is 7.19. The number of aliphatic carboxylic acids is 1. The summed E-state index contributed by atoms with van der Waals surface area (Å²) in [6.07, 6.45) is 9.97. The Bertz CT molecular complexity index is 1800. The van der Waals surface area contributed by atoms with E-state index in [1.54, 1.807) is 22.7 Å². The number of ether oxygens (including phenoxy) is 1. The van der Waals surface area contributed by atoms with Crippen molar-refractivity contribution in [3.63, 3.8) is 0 Å². The SMILES string of the molecule is C.CO.COC(=O)CCCCCC[C@@H]1[C@@H](CC[C@@H](O)c2cc3ccccc3s2)[C@H](O)C[C@@H]1O.O=C(O)CCCCCC[C@@H]1[C@@H](CC[C@@H](O)c2cc3ccccc3s2)[C@H](O)C[C@@H]1O. The lowest BCUT2D eigenvalue weighted by molar-refractivity contribution is -0.141. The summed E-state index contributed by atoms with van der Waals surface area (Å²) in [4.78, 5) is 23.6. The molecule has 2 saturated carbocycles. The molecule has 0 radical (unpaired) electrons. The summed E-state index contributed by atoms with van der Waals surface area (Å²) in [7, 11) is 2.41. The average Bonchev–Trinajstić information content (AvgIpc) is 4.02. The summed E-state index contributed by atoms with van der Waals surface area (Å²) in [6.45, 7) is 0. The molecule has 2 fully saturated rings. The van der Waals surface area contributed by atoms with Crippen molar-refractivity contribution in [2.75, 3.05) is 14.2 Å². The van der Waals surface area contributed by atoms with E-state index in [0.29, 0.717) is 51.4 Å². The van der Waals surface area contributed by atoms with Crippen molar-refractivity contribution in [1.82, 2.24) is 0 Å². The third kappa shape index (κ3) is 16.2. The van der Waals surface area contributed by atoms with Crippen LogP contribution in [0.4, 0.5) is 0 Å². The van der Waals surface area contributed by atoms with E-state index in [1.165, 1.54) is 16.5 Å². The zero-order valence-corrected chi connectivity index (χ0v) is 37.5. The van der Waals surface area contributed by atoms with Crippen LogP contribution in [0.15, 0.2) is 60.7 Å². The first kappa shape index (κ1) is 53.4. The van der Waals surface area contributed by atoms with Gasteiger partial charge in [0.2, 0.25) is 0 Å². The molecule has 10 atom stereocenters. The first-order chi connectivity index (χ1) is 29.4. The minimum Gasteiger partial charge on any atom is -0.481 e. The Morgan fingerprint density at radius 1 is 0.597 bits per heavy atom. The van der Waals surface area contributed by atoms with Gasteiger partial charge in [0.05, 0.1) is 43.7 Å². The van der Waals surface area contributed by atoms with Gasteiger partial charge in [-0.3, -0.25) is 9.59 Å². The number of carboxylic acids is 1. The molecule has 0 bridgehead atoms. The van der Waals surface area contributed by atoms with Gasteiger partial charge in [-0.15, -0.1) is 22.7 Å². The lowest BCUT2D eigenvalue weighted by Crippen LogP contribution is -2.23. The molecular formula is C49H74O11S2. The minimum atomic E-state index is -0.753. The second-order valence-corrected chi connectivity index (χ2v) is 19.1. The first-order valence-electron chi connectivity index (χ1n) is 22.2. The van der Waals surface area contributed by atoms with Gasteiger partial charge in [-0.1, -0.05) is 82.3 Å². The van der Waals surface area contributed by atoms with E-state index in [4.69, 9.17) is 10.2 Å². The summed E-state index contributed by atoms with van der Waals surface area (Å²) >= 11 is 3.23. The molecule has 8 N–H and O–H groups in total. The van der Waals surface area contributed by atoms with Gasteiger partial charge < -0.3 is 45.6 Å². The second kappa shape index (κ2) is 28.0. The standard InChI is InChI=1S/C24H34O5S.C23H32O5S.CH4O.CH4/c1-29-24(28)11-5-3-2-4-9-17-18(21(27)15-20(17)26)12-13-19(25)23-14-16-8-6-7-10-22(16)30-23;24-18(22-13-15-7-5-6-9-21(15)29-22)12-11-17-16(19(25)14-20(17)26)8-3-1-2-4-10-23(27)28;1-2;/h6-8,10,14,17-21,25-27H,2-5,9,11-13,15H2,1H3;5-7,9,13,16-20,24-26H,1-4,8,10-12,14H2,(H,27,28);2H,1H3;1H4/t17-,18-,19-,20+,21-;16-,17-,18-,19+,20-;;/m11../s1. The van der Waals surface area contributed by atoms with Crippen molar-refractivity contribution in [3.8, 4) is 0 Å². The van der Waals surface area contributed by atoms with Crippen molar-refractivity contribution >= 4 is 54.8 Å². The number of hydrogen-bond acceptors (Lipinski definition) is 12. The number of carbonyl (C=O) groups excluding carboxylic acids is 1. The summed E-state index contributed by atoms with van der Waals surface area (Å²) in [5.41, 5.74) is 0. The van der Waals surface area contributed by atoms with Gasteiger partial charge in [-0.25, -0.2) is 0 Å². The normalized spacial score (nSPS) is 24.1. The number of rotatable bonds is 22. The van der Waals surface area contributed by atoms with Gasteiger partial charge in [-0.2, -0.15) is 0 Å². The zero-order chi connectivity index (χ0) is 44.3. The maximum absolute atomic E-state index is 11.2. The fourth-order valence-corrected chi connectivity index (χ4v) is 11.6. The van der Waals surface area contributed by atoms with Crippen LogP contribution in [0.5, 0.6) is 0 Å². The lowest BCUT2D eigenvalue weighted by Gasteiger charge is -2.24. The van der Waals surface area contributed by atoms with Gasteiger partial charge in [0.25, 0.3) is 0 Å². The second-order valence-electron chi connectivity index (χ2n) is 16.8. The highest BCUT2D eigenvalue weighted by Gasteiger charge is 2.42. The van der Waals surface area contributed by atoms with E-state index in [2.05, 4.69) is 29.0 Å². The van der Waals surface area contributed by atoms with E-state index < -0.39 is 42.6 Å². The number of aliphatic hydroxyl groups is 7. The maximum Gasteiger partial charge on any atom is 0.305 e. The molecule has 6 rings (SSSR count). The number of aliphatic hydroxyl groups excluding tert-OH is 7. The molecule has 2 aliphatic rings. The molecule has 0 amide bonds. The minimum absolute atomic E-state index is 0. The van der Waals surface area contributed by atoms with Crippen molar-refractivity contribution in [2.24, 2.45) is 23.7 Å². The summed E-state index contributed by atoms with van der Waals surface area (Å²) in [6, 6.07) is 20.3. The number of hydrogen-bond donors (Lipinski definition) is 8. The number of thiophene rings is 2. The van der Waals surface area contributed by atoms with Gasteiger partial charge in [0.15, 0.2) is 0 Å². The third-order valence-electron chi connectivity index (χ3n) is 12.7. The Labute approximate surface area is 376 Å². The van der Waals surface area contributed by atoms with E-state index in [0.717, 1.165) is 85.4 Å². The number of fused-ring (bicyclic) bond motifs is 2. The molecule has 11 nitrogen and oxygen atoms in total. The Hall–Kier alpha value is -2.98. The topological polar surface area (TPSA) is 205 Å². The predicted octanol–water partition coefficient (Wildman–Crippen LogP) is 9.33. The molecule has 2 heterocycles. The molecule has 2 aromatic carbocycles. The highest BCUT2D eigenvalue weighted by atomic mass is 32.1. The van der Waals surface area contributed by atoms with E-state index in [1.807, 2.05) is 36.4 Å².